The van der Waals surface area contributed by atoms with Crippen molar-refractivity contribution in [3.63, 3.8) is 0 Å². The van der Waals surface area contributed by atoms with Crippen molar-refractivity contribution in [3.8, 4) is 0 Å². The molecule has 0 heterocycles. The highest BCUT2D eigenvalue weighted by atomic mass is 32.2. The summed E-state index contributed by atoms with van der Waals surface area (Å²) in [5, 5.41) is 8.88. The maximum atomic E-state index is 12.2. The van der Waals surface area contributed by atoms with Gasteiger partial charge in [-0.3, -0.25) is 14.1 Å². The third-order valence-corrected chi connectivity index (χ3v) is 5.07. The normalized spacial score (nSPS) is 19.5. The van der Waals surface area contributed by atoms with Crippen LogP contribution in [0.25, 0.3) is 0 Å². The van der Waals surface area contributed by atoms with Crippen LogP contribution >= 0.6 is 0 Å². The van der Waals surface area contributed by atoms with Crippen LogP contribution in [0.4, 0.5) is 0 Å². The maximum Gasteiger partial charge on any atom is 0.331 e. The second-order valence-corrected chi connectivity index (χ2v) is 6.93. The lowest BCUT2D eigenvalue weighted by molar-refractivity contribution is -0.157. The van der Waals surface area contributed by atoms with Gasteiger partial charge >= 0.3 is 11.9 Å². The second kappa shape index (κ2) is 7.04. The number of ether oxygens (including phenoxy) is 1. The van der Waals surface area contributed by atoms with Crippen LogP contribution in [0.1, 0.15) is 44.9 Å². The van der Waals surface area contributed by atoms with Crippen molar-refractivity contribution in [3.05, 3.63) is 12.7 Å². The summed E-state index contributed by atoms with van der Waals surface area (Å²) in [5.74, 6) is -2.74. The molecule has 21 heavy (non-hydrogen) atoms. The van der Waals surface area contributed by atoms with Crippen LogP contribution in [0, 0.1) is 0 Å². The van der Waals surface area contributed by atoms with Crippen molar-refractivity contribution in [2.45, 2.75) is 55.8 Å². The molecule has 2 N–H and O–H groups in total. The Labute approximate surface area is 123 Å². The van der Waals surface area contributed by atoms with Gasteiger partial charge in [0.1, 0.15) is 6.10 Å². The molecule has 0 aromatic rings. The minimum absolute atomic E-state index is 0.439. The van der Waals surface area contributed by atoms with E-state index in [1.807, 2.05) is 0 Å². The van der Waals surface area contributed by atoms with Gasteiger partial charge < -0.3 is 9.84 Å². The second-order valence-electron chi connectivity index (χ2n) is 5.20. The molecule has 0 aromatic carbocycles. The molecule has 0 bridgehead atoms. The summed E-state index contributed by atoms with van der Waals surface area (Å²) in [5.41, 5.74) is 0. The van der Waals surface area contributed by atoms with Gasteiger partial charge in [-0.1, -0.05) is 12.5 Å². The quantitative estimate of drug-likeness (QED) is 0.415. The molecular formula is C13H20O7S. The van der Waals surface area contributed by atoms with E-state index in [0.29, 0.717) is 12.8 Å². The first-order chi connectivity index (χ1) is 9.73. The Hall–Kier alpha value is -1.41. The topological polar surface area (TPSA) is 118 Å². The fraction of sp³-hybridized carbons (Fsp3) is 0.692. The fourth-order valence-corrected chi connectivity index (χ4v) is 3.34. The minimum atomic E-state index is -4.96. The van der Waals surface area contributed by atoms with E-state index in [1.165, 1.54) is 0 Å². The molecule has 0 spiro atoms. The van der Waals surface area contributed by atoms with Gasteiger partial charge in [-0.05, 0) is 32.1 Å². The summed E-state index contributed by atoms with van der Waals surface area (Å²) in [6.45, 7) is 3.32. The molecule has 8 heteroatoms. The standard InChI is InChI=1S/C13H20O7S/c1-2-8-13(9-11(14)15,21(17,18)19)12(16)20-10-6-4-3-5-7-10/h2,10H,1,3-9H2,(H,14,15)(H,17,18,19). The van der Waals surface area contributed by atoms with Gasteiger partial charge in [-0.2, -0.15) is 8.42 Å². The van der Waals surface area contributed by atoms with Gasteiger partial charge in [0.15, 0.2) is 0 Å². The average molecular weight is 320 g/mol. The van der Waals surface area contributed by atoms with Crippen molar-refractivity contribution in [1.29, 1.82) is 0 Å². The van der Waals surface area contributed by atoms with E-state index < -0.39 is 45.7 Å². The number of allylic oxidation sites excluding steroid dienone is 1. The van der Waals surface area contributed by atoms with Gasteiger partial charge in [0.25, 0.3) is 10.1 Å². The van der Waals surface area contributed by atoms with Gasteiger partial charge in [0.2, 0.25) is 4.75 Å². The lowest BCUT2D eigenvalue weighted by Gasteiger charge is -2.29. The predicted molar refractivity (Wildman–Crippen MR) is 74.3 cm³/mol. The van der Waals surface area contributed by atoms with Crippen LogP contribution in [0.2, 0.25) is 0 Å². The number of carboxylic acids is 1. The molecule has 1 atom stereocenters. The van der Waals surface area contributed by atoms with Crippen LogP contribution in [0.15, 0.2) is 12.7 Å². The lowest BCUT2D eigenvalue weighted by atomic mass is 9.96. The molecule has 1 saturated carbocycles. The van der Waals surface area contributed by atoms with Crippen molar-refractivity contribution in [2.24, 2.45) is 0 Å². The molecule has 0 amide bonds. The van der Waals surface area contributed by atoms with Crippen molar-refractivity contribution in [2.75, 3.05) is 0 Å². The number of rotatable bonds is 7. The van der Waals surface area contributed by atoms with Crippen molar-refractivity contribution >= 4 is 22.1 Å². The molecule has 1 rings (SSSR count). The third kappa shape index (κ3) is 4.28. The van der Waals surface area contributed by atoms with Gasteiger partial charge in [-0.25, -0.2) is 0 Å². The SMILES string of the molecule is C=CCC(CC(=O)O)(C(=O)OC1CCCCC1)S(=O)(=O)O. The lowest BCUT2D eigenvalue weighted by Crippen LogP contribution is -2.49. The Kier molecular flexibility index (Phi) is 5.91. The Morgan fingerprint density at radius 3 is 2.29 bits per heavy atom. The molecule has 0 aromatic heterocycles. The van der Waals surface area contributed by atoms with E-state index in [0.717, 1.165) is 25.3 Å². The molecule has 120 valence electrons. The highest BCUT2D eigenvalue weighted by molar-refractivity contribution is 7.88. The first-order valence-electron chi connectivity index (χ1n) is 6.74. The maximum absolute atomic E-state index is 12.2. The molecule has 1 aliphatic carbocycles. The predicted octanol–water partition coefficient (Wildman–Crippen LogP) is 1.54. The molecule has 7 nitrogen and oxygen atoms in total. The minimum Gasteiger partial charge on any atom is -0.481 e. The van der Waals surface area contributed by atoms with Crippen molar-refractivity contribution < 1.29 is 32.4 Å². The summed E-state index contributed by atoms with van der Waals surface area (Å²) in [7, 11) is -4.96. The smallest absolute Gasteiger partial charge is 0.331 e. The molecular weight excluding hydrogens is 300 g/mol. The van der Waals surface area contributed by atoms with E-state index in [1.54, 1.807) is 0 Å². The van der Waals surface area contributed by atoms with Crippen LogP contribution in [0.3, 0.4) is 0 Å². The number of carbonyl (C=O) groups excluding carboxylic acids is 1. The van der Waals surface area contributed by atoms with Gasteiger partial charge in [0.05, 0.1) is 6.42 Å². The zero-order valence-corrected chi connectivity index (χ0v) is 12.5. The van der Waals surface area contributed by atoms with E-state index in [2.05, 4.69) is 6.58 Å². The Morgan fingerprint density at radius 1 is 1.29 bits per heavy atom. The molecule has 0 saturated heterocycles. The summed E-state index contributed by atoms with van der Waals surface area (Å²) >= 11 is 0. The Bertz CT molecular complexity index is 505. The number of esters is 1. The highest BCUT2D eigenvalue weighted by Crippen LogP contribution is 2.30. The Balaban J connectivity index is 3.05. The number of carboxylic acid groups (broad SMARTS) is 1. The van der Waals surface area contributed by atoms with E-state index in [9.17, 15) is 22.6 Å². The monoisotopic (exact) mass is 320 g/mol. The first-order valence-corrected chi connectivity index (χ1v) is 8.18. The molecule has 0 aliphatic heterocycles. The van der Waals surface area contributed by atoms with Gasteiger partial charge in [0, 0.05) is 0 Å². The summed E-state index contributed by atoms with van der Waals surface area (Å²) in [6, 6.07) is 0. The van der Waals surface area contributed by atoms with E-state index >= 15 is 0 Å². The average Bonchev–Trinajstić information content (AvgIpc) is 2.37. The Morgan fingerprint density at radius 2 is 1.86 bits per heavy atom. The van der Waals surface area contributed by atoms with Crippen LogP contribution in [0.5, 0.6) is 0 Å². The van der Waals surface area contributed by atoms with Gasteiger partial charge in [-0.15, -0.1) is 6.58 Å². The summed E-state index contributed by atoms with van der Waals surface area (Å²) < 4.78 is 35.2. The number of hydrogen-bond donors (Lipinski definition) is 2. The fourth-order valence-electron chi connectivity index (χ4n) is 2.45. The number of aliphatic carboxylic acids is 1. The van der Waals surface area contributed by atoms with E-state index in [-0.39, 0.29) is 0 Å². The number of carbonyl (C=O) groups is 2. The third-order valence-electron chi connectivity index (χ3n) is 3.60. The van der Waals surface area contributed by atoms with Crippen LogP contribution in [-0.2, 0) is 24.4 Å². The molecule has 1 fully saturated rings. The number of hydrogen-bond acceptors (Lipinski definition) is 5. The summed E-state index contributed by atoms with van der Waals surface area (Å²) in [4.78, 5) is 23.1. The summed E-state index contributed by atoms with van der Waals surface area (Å²) in [6.07, 6.45) is 2.99. The van der Waals surface area contributed by atoms with Crippen LogP contribution in [-0.4, -0.2) is 40.9 Å². The largest absolute Gasteiger partial charge is 0.481 e. The molecule has 1 unspecified atom stereocenters. The molecule has 1 aliphatic rings. The zero-order valence-electron chi connectivity index (χ0n) is 11.7. The highest BCUT2D eigenvalue weighted by Gasteiger charge is 2.53. The zero-order chi connectivity index (χ0) is 16.1. The van der Waals surface area contributed by atoms with Crippen molar-refractivity contribution in [1.82, 2.24) is 0 Å². The van der Waals surface area contributed by atoms with Crippen LogP contribution < -0.4 is 0 Å². The first kappa shape index (κ1) is 17.6. The molecule has 0 radical (unpaired) electrons. The van der Waals surface area contributed by atoms with E-state index in [4.69, 9.17) is 9.84 Å².